The quantitative estimate of drug-likeness (QED) is 0.663. The van der Waals surface area contributed by atoms with Crippen molar-refractivity contribution in [3.8, 4) is 0 Å². The first kappa shape index (κ1) is 17.5. The van der Waals surface area contributed by atoms with Gasteiger partial charge in [-0.2, -0.15) is 0 Å². The standard InChI is InChI=1S/C12H16Cl2NO4P/c13-9-3-1-2-8(12(9)14)6-7-20(18,19)10(15)4-5-11(16)17/h1-3,10H,4-7,15H2,(H,16,17)(H,18,19). The molecule has 0 radical (unpaired) electrons. The van der Waals surface area contributed by atoms with Crippen molar-refractivity contribution in [2.24, 2.45) is 5.73 Å². The van der Waals surface area contributed by atoms with Crippen molar-refractivity contribution < 1.29 is 19.4 Å². The maximum Gasteiger partial charge on any atom is 0.303 e. The van der Waals surface area contributed by atoms with Crippen LogP contribution < -0.4 is 5.73 Å². The SMILES string of the molecule is NC(CCC(=O)O)P(=O)(O)CCc1cccc(Cl)c1Cl. The Hall–Kier alpha value is -0.580. The zero-order chi connectivity index (χ0) is 15.3. The zero-order valence-corrected chi connectivity index (χ0v) is 13.0. The number of nitrogens with two attached hydrogens (primary N) is 1. The Bertz CT molecular complexity index is 538. The van der Waals surface area contributed by atoms with Gasteiger partial charge in [-0.1, -0.05) is 35.3 Å². The fourth-order valence-corrected chi connectivity index (χ4v) is 3.50. The molecule has 0 bridgehead atoms. The smallest absolute Gasteiger partial charge is 0.303 e. The topological polar surface area (TPSA) is 101 Å². The predicted molar refractivity (Wildman–Crippen MR) is 79.7 cm³/mol. The van der Waals surface area contributed by atoms with Gasteiger partial charge >= 0.3 is 5.97 Å². The monoisotopic (exact) mass is 339 g/mol. The minimum atomic E-state index is -3.63. The highest BCUT2D eigenvalue weighted by Crippen LogP contribution is 2.46. The molecule has 1 aromatic carbocycles. The Labute approximate surface area is 127 Å². The molecule has 8 heteroatoms. The van der Waals surface area contributed by atoms with E-state index in [1.807, 2.05) is 0 Å². The lowest BCUT2D eigenvalue weighted by Crippen LogP contribution is -2.23. The summed E-state index contributed by atoms with van der Waals surface area (Å²) in [7, 11) is -3.63. The second kappa shape index (κ2) is 7.43. The van der Waals surface area contributed by atoms with Crippen LogP contribution in [0, 0.1) is 0 Å². The molecule has 0 spiro atoms. The van der Waals surface area contributed by atoms with Crippen molar-refractivity contribution in [2.45, 2.75) is 25.0 Å². The van der Waals surface area contributed by atoms with Crippen LogP contribution in [0.25, 0.3) is 0 Å². The summed E-state index contributed by atoms with van der Waals surface area (Å²) in [5, 5.41) is 9.28. The van der Waals surface area contributed by atoms with Gasteiger partial charge in [0.2, 0.25) is 7.37 Å². The summed E-state index contributed by atoms with van der Waals surface area (Å²) in [5.41, 5.74) is 6.26. The predicted octanol–water partition coefficient (Wildman–Crippen LogP) is 2.96. The first-order valence-electron chi connectivity index (χ1n) is 5.96. The highest BCUT2D eigenvalue weighted by molar-refractivity contribution is 7.58. The van der Waals surface area contributed by atoms with E-state index in [9.17, 15) is 14.3 Å². The first-order valence-corrected chi connectivity index (χ1v) is 8.63. The molecule has 0 aliphatic rings. The van der Waals surface area contributed by atoms with Crippen LogP contribution in [0.15, 0.2) is 18.2 Å². The fraction of sp³-hybridized carbons (Fsp3) is 0.417. The molecule has 0 heterocycles. The molecule has 0 saturated heterocycles. The number of rotatable bonds is 7. The Balaban J connectivity index is 2.65. The summed E-state index contributed by atoms with van der Waals surface area (Å²) in [5.74, 6) is -2.09. The summed E-state index contributed by atoms with van der Waals surface area (Å²) < 4.78 is 12.1. The third-order valence-electron chi connectivity index (χ3n) is 2.91. The van der Waals surface area contributed by atoms with Crippen LogP contribution in [0.4, 0.5) is 0 Å². The number of carboxylic acids is 1. The summed E-state index contributed by atoms with van der Waals surface area (Å²) in [4.78, 5) is 20.3. The van der Waals surface area contributed by atoms with Crippen LogP contribution in [-0.2, 0) is 15.8 Å². The lowest BCUT2D eigenvalue weighted by Gasteiger charge is -2.19. The average Bonchev–Trinajstić information content (AvgIpc) is 2.37. The highest BCUT2D eigenvalue weighted by atomic mass is 35.5. The average molecular weight is 340 g/mol. The van der Waals surface area contributed by atoms with Crippen LogP contribution in [0.3, 0.4) is 0 Å². The third kappa shape index (κ3) is 5.08. The Morgan fingerprint density at radius 1 is 1.40 bits per heavy atom. The van der Waals surface area contributed by atoms with E-state index in [1.165, 1.54) is 0 Å². The van der Waals surface area contributed by atoms with Crippen molar-refractivity contribution in [1.29, 1.82) is 0 Å². The van der Waals surface area contributed by atoms with Crippen molar-refractivity contribution >= 4 is 36.5 Å². The number of halogens is 2. The normalized spacial score (nSPS) is 15.6. The van der Waals surface area contributed by atoms with Crippen LogP contribution in [0.5, 0.6) is 0 Å². The van der Waals surface area contributed by atoms with Gasteiger partial charge < -0.3 is 15.7 Å². The molecule has 0 aromatic heterocycles. The number of hydrogen-bond donors (Lipinski definition) is 3. The first-order chi connectivity index (χ1) is 9.24. The molecule has 2 atom stereocenters. The van der Waals surface area contributed by atoms with Crippen LogP contribution in [-0.4, -0.2) is 27.9 Å². The second-order valence-corrected chi connectivity index (χ2v) is 7.85. The van der Waals surface area contributed by atoms with E-state index < -0.39 is 19.1 Å². The summed E-state index contributed by atoms with van der Waals surface area (Å²) in [6.45, 7) is 0. The molecule has 0 saturated carbocycles. The van der Waals surface area contributed by atoms with Gasteiger partial charge in [-0.25, -0.2) is 0 Å². The van der Waals surface area contributed by atoms with E-state index >= 15 is 0 Å². The minimum Gasteiger partial charge on any atom is -0.481 e. The van der Waals surface area contributed by atoms with Crippen LogP contribution >= 0.6 is 30.6 Å². The molecule has 2 unspecified atom stereocenters. The molecule has 1 aromatic rings. The van der Waals surface area contributed by atoms with Gasteiger partial charge in [0.1, 0.15) is 0 Å². The van der Waals surface area contributed by atoms with Gasteiger partial charge in [-0.05, 0) is 24.5 Å². The Morgan fingerprint density at radius 3 is 2.65 bits per heavy atom. The van der Waals surface area contributed by atoms with Crippen LogP contribution in [0.1, 0.15) is 18.4 Å². The van der Waals surface area contributed by atoms with E-state index in [2.05, 4.69) is 0 Å². The minimum absolute atomic E-state index is 0.0353. The zero-order valence-electron chi connectivity index (χ0n) is 10.6. The van der Waals surface area contributed by atoms with Gasteiger partial charge in [-0.15, -0.1) is 0 Å². The summed E-state index contributed by atoms with van der Waals surface area (Å²) in [6.07, 6.45) is -0.0716. The van der Waals surface area contributed by atoms with Crippen molar-refractivity contribution in [2.75, 3.05) is 6.16 Å². The van der Waals surface area contributed by atoms with E-state index in [0.717, 1.165) is 0 Å². The van der Waals surface area contributed by atoms with E-state index in [-0.39, 0.29) is 25.4 Å². The number of carbonyl (C=O) groups is 1. The number of aryl methyl sites for hydroxylation is 1. The second-order valence-electron chi connectivity index (χ2n) is 4.44. The Kier molecular flexibility index (Phi) is 6.49. The molecular weight excluding hydrogens is 324 g/mol. The van der Waals surface area contributed by atoms with Gasteiger partial charge in [0.15, 0.2) is 0 Å². The fourth-order valence-electron chi connectivity index (χ4n) is 1.66. The maximum atomic E-state index is 12.1. The molecule has 5 nitrogen and oxygen atoms in total. The number of aliphatic carboxylic acids is 1. The maximum absolute atomic E-state index is 12.1. The van der Waals surface area contributed by atoms with Gasteiger partial charge in [-0.3, -0.25) is 9.36 Å². The molecule has 112 valence electrons. The van der Waals surface area contributed by atoms with Crippen molar-refractivity contribution in [1.82, 2.24) is 0 Å². The third-order valence-corrected chi connectivity index (χ3v) is 5.92. The molecule has 0 aliphatic carbocycles. The van der Waals surface area contributed by atoms with Crippen molar-refractivity contribution in [3.63, 3.8) is 0 Å². The van der Waals surface area contributed by atoms with Crippen molar-refractivity contribution in [3.05, 3.63) is 33.8 Å². The summed E-state index contributed by atoms with van der Waals surface area (Å²) >= 11 is 11.8. The van der Waals surface area contributed by atoms with Gasteiger partial charge in [0, 0.05) is 12.6 Å². The summed E-state index contributed by atoms with van der Waals surface area (Å²) in [6, 6.07) is 5.05. The van der Waals surface area contributed by atoms with E-state index in [4.69, 9.17) is 34.0 Å². The molecule has 0 fully saturated rings. The Morgan fingerprint density at radius 2 is 2.05 bits per heavy atom. The number of hydrogen-bond acceptors (Lipinski definition) is 3. The number of carboxylic acid groups (broad SMARTS) is 1. The van der Waals surface area contributed by atoms with Crippen LogP contribution in [0.2, 0.25) is 10.0 Å². The molecule has 0 amide bonds. The lowest BCUT2D eigenvalue weighted by atomic mass is 10.2. The number of benzene rings is 1. The molecule has 0 aliphatic heterocycles. The largest absolute Gasteiger partial charge is 0.481 e. The van der Waals surface area contributed by atoms with Gasteiger partial charge in [0.05, 0.1) is 15.8 Å². The van der Waals surface area contributed by atoms with E-state index in [0.29, 0.717) is 15.6 Å². The molecule has 4 N–H and O–H groups in total. The lowest BCUT2D eigenvalue weighted by molar-refractivity contribution is -0.137. The molecule has 20 heavy (non-hydrogen) atoms. The highest BCUT2D eigenvalue weighted by Gasteiger charge is 2.27. The molecule has 1 rings (SSSR count). The van der Waals surface area contributed by atoms with E-state index in [1.54, 1.807) is 18.2 Å². The van der Waals surface area contributed by atoms with Gasteiger partial charge in [0.25, 0.3) is 0 Å². The molecular formula is C12H16Cl2NO4P.